The van der Waals surface area contributed by atoms with Crippen LogP contribution in [0.2, 0.25) is 5.02 Å². The number of amides is 1. The number of nitrogens with zero attached hydrogens (tertiary/aromatic N) is 1. The zero-order valence-electron chi connectivity index (χ0n) is 23.0. The maximum absolute atomic E-state index is 12.7. The van der Waals surface area contributed by atoms with Gasteiger partial charge in [-0.3, -0.25) is 9.69 Å². The molecule has 1 aliphatic heterocycles. The highest BCUT2D eigenvalue weighted by molar-refractivity contribution is 6.30. The number of hydrogen-bond donors (Lipinski definition) is 2. The summed E-state index contributed by atoms with van der Waals surface area (Å²) in [6, 6.07) is 5.79. The van der Waals surface area contributed by atoms with Crippen LogP contribution >= 0.6 is 11.6 Å². The van der Waals surface area contributed by atoms with E-state index in [1.807, 2.05) is 25.1 Å². The molecular formula is C30H48ClN3O2. The van der Waals surface area contributed by atoms with E-state index in [9.17, 15) is 9.59 Å². The Labute approximate surface area is 224 Å². The molecular weight excluding hydrogens is 470 g/mol. The van der Waals surface area contributed by atoms with E-state index in [0.717, 1.165) is 56.5 Å². The Morgan fingerprint density at radius 2 is 1.81 bits per heavy atom. The van der Waals surface area contributed by atoms with Crippen LogP contribution in [0, 0.1) is 5.92 Å². The molecule has 5 nitrogen and oxygen atoms in total. The molecule has 1 heterocycles. The molecule has 0 radical (unpaired) electrons. The third-order valence-electron chi connectivity index (χ3n) is 7.04. The maximum atomic E-state index is 12.7. The highest BCUT2D eigenvalue weighted by Crippen LogP contribution is 2.27. The summed E-state index contributed by atoms with van der Waals surface area (Å²) < 4.78 is 0. The van der Waals surface area contributed by atoms with Gasteiger partial charge in [0.05, 0.1) is 12.1 Å². The fourth-order valence-electron chi connectivity index (χ4n) is 5.05. The van der Waals surface area contributed by atoms with Crippen molar-refractivity contribution in [3.63, 3.8) is 0 Å². The molecule has 2 rings (SSSR count). The van der Waals surface area contributed by atoms with Gasteiger partial charge in [-0.25, -0.2) is 0 Å². The highest BCUT2D eigenvalue weighted by Gasteiger charge is 2.23. The van der Waals surface area contributed by atoms with Crippen LogP contribution in [0.15, 0.2) is 24.3 Å². The lowest BCUT2D eigenvalue weighted by Crippen LogP contribution is -2.48. The number of carbonyl (C=O) groups excluding carboxylic acids is 2. The van der Waals surface area contributed by atoms with Gasteiger partial charge in [-0.2, -0.15) is 0 Å². The van der Waals surface area contributed by atoms with Gasteiger partial charge in [-0.15, -0.1) is 0 Å². The van der Waals surface area contributed by atoms with E-state index in [4.69, 9.17) is 11.6 Å². The second-order valence-electron chi connectivity index (χ2n) is 10.9. The molecule has 1 aromatic rings. The number of likely N-dealkylation sites (N-methyl/N-ethyl adjacent to an activating group) is 1. The summed E-state index contributed by atoms with van der Waals surface area (Å²) in [5, 5.41) is 7.15. The van der Waals surface area contributed by atoms with Crippen LogP contribution in [-0.4, -0.2) is 56.4 Å². The molecule has 0 fully saturated rings. The van der Waals surface area contributed by atoms with Crippen molar-refractivity contribution in [3.05, 3.63) is 40.4 Å². The maximum Gasteiger partial charge on any atom is 0.237 e. The SMILES string of the molecule is CC(C)C[C@@H](C=O)NC(=O)C(CCCCCCCCCc1cc(Cl)ccc1C1=CCNCC1)N(C)C. The van der Waals surface area contributed by atoms with Crippen molar-refractivity contribution in [2.24, 2.45) is 5.92 Å². The monoisotopic (exact) mass is 517 g/mol. The van der Waals surface area contributed by atoms with E-state index in [1.165, 1.54) is 48.8 Å². The second-order valence-corrected chi connectivity index (χ2v) is 11.3. The summed E-state index contributed by atoms with van der Waals surface area (Å²) in [7, 11) is 3.88. The van der Waals surface area contributed by atoms with Crippen molar-refractivity contribution in [2.75, 3.05) is 27.2 Å². The number of benzene rings is 1. The Morgan fingerprint density at radius 1 is 1.11 bits per heavy atom. The van der Waals surface area contributed by atoms with Gasteiger partial charge < -0.3 is 15.4 Å². The summed E-state index contributed by atoms with van der Waals surface area (Å²) in [6.07, 6.45) is 15.1. The fourth-order valence-corrected chi connectivity index (χ4v) is 5.24. The van der Waals surface area contributed by atoms with Crippen molar-refractivity contribution in [3.8, 4) is 0 Å². The van der Waals surface area contributed by atoms with Crippen LogP contribution in [-0.2, 0) is 16.0 Å². The number of nitrogens with one attached hydrogen (secondary N) is 2. The molecule has 36 heavy (non-hydrogen) atoms. The van der Waals surface area contributed by atoms with Crippen molar-refractivity contribution in [1.82, 2.24) is 15.5 Å². The Hall–Kier alpha value is -1.69. The third-order valence-corrected chi connectivity index (χ3v) is 7.28. The molecule has 1 aromatic carbocycles. The van der Waals surface area contributed by atoms with Gasteiger partial charge in [-0.05, 0) is 87.5 Å². The molecule has 6 heteroatoms. The first-order valence-electron chi connectivity index (χ1n) is 13.9. The Kier molecular flexibility index (Phi) is 14.4. The molecule has 0 aromatic heterocycles. The first-order valence-corrected chi connectivity index (χ1v) is 14.3. The van der Waals surface area contributed by atoms with Crippen LogP contribution in [0.25, 0.3) is 5.57 Å². The predicted molar refractivity (Wildman–Crippen MR) is 152 cm³/mol. The summed E-state index contributed by atoms with van der Waals surface area (Å²) in [6.45, 7) is 6.13. The molecule has 0 spiro atoms. The van der Waals surface area contributed by atoms with Crippen molar-refractivity contribution in [1.29, 1.82) is 0 Å². The van der Waals surface area contributed by atoms with E-state index < -0.39 is 0 Å². The van der Waals surface area contributed by atoms with E-state index >= 15 is 0 Å². The van der Waals surface area contributed by atoms with Crippen molar-refractivity contribution in [2.45, 2.75) is 96.6 Å². The molecule has 0 saturated heterocycles. The van der Waals surface area contributed by atoms with Crippen LogP contribution in [0.1, 0.15) is 89.2 Å². The van der Waals surface area contributed by atoms with E-state index in [-0.39, 0.29) is 18.0 Å². The van der Waals surface area contributed by atoms with Crippen LogP contribution in [0.4, 0.5) is 0 Å². The van der Waals surface area contributed by atoms with Crippen molar-refractivity contribution < 1.29 is 9.59 Å². The largest absolute Gasteiger partial charge is 0.345 e. The Morgan fingerprint density at radius 3 is 2.42 bits per heavy atom. The summed E-state index contributed by atoms with van der Waals surface area (Å²) in [4.78, 5) is 26.0. The molecule has 202 valence electrons. The van der Waals surface area contributed by atoms with Crippen LogP contribution < -0.4 is 10.6 Å². The molecule has 1 unspecified atom stereocenters. The molecule has 0 saturated carbocycles. The van der Waals surface area contributed by atoms with Gasteiger partial charge >= 0.3 is 0 Å². The smallest absolute Gasteiger partial charge is 0.237 e. The van der Waals surface area contributed by atoms with E-state index in [0.29, 0.717) is 12.3 Å². The zero-order chi connectivity index (χ0) is 26.3. The normalized spacial score (nSPS) is 15.6. The number of carbonyl (C=O) groups is 2. The topological polar surface area (TPSA) is 61.4 Å². The lowest BCUT2D eigenvalue weighted by molar-refractivity contribution is -0.128. The Balaban J connectivity index is 1.65. The molecule has 2 atom stereocenters. The quantitative estimate of drug-likeness (QED) is 0.195. The summed E-state index contributed by atoms with van der Waals surface area (Å²) >= 11 is 6.30. The molecule has 1 aliphatic rings. The lowest BCUT2D eigenvalue weighted by atomic mass is 9.92. The first kappa shape index (κ1) is 30.5. The standard InChI is InChI=1S/C30H48ClN3O2/c1-23(2)20-27(22-35)33-30(36)29(34(3)4)13-11-9-7-5-6-8-10-12-25-21-26(31)14-15-28(25)24-16-18-32-19-17-24/h14-16,21-23,27,29,32H,5-13,17-20H2,1-4H3,(H,33,36)/t27-,29?/m0/s1. The number of aldehydes is 1. The number of hydrogen-bond acceptors (Lipinski definition) is 4. The summed E-state index contributed by atoms with van der Waals surface area (Å²) in [5.74, 6) is 0.344. The minimum absolute atomic E-state index is 0.0293. The lowest BCUT2D eigenvalue weighted by Gasteiger charge is -2.25. The van der Waals surface area contributed by atoms with Gasteiger partial charge in [0.1, 0.15) is 6.29 Å². The van der Waals surface area contributed by atoms with Gasteiger partial charge in [-0.1, -0.05) is 76.1 Å². The van der Waals surface area contributed by atoms with Gasteiger partial charge in [0.15, 0.2) is 0 Å². The molecule has 1 amide bonds. The average molecular weight is 518 g/mol. The van der Waals surface area contributed by atoms with Gasteiger partial charge in [0, 0.05) is 11.6 Å². The summed E-state index contributed by atoms with van der Waals surface area (Å²) in [5.41, 5.74) is 4.21. The molecule has 2 N–H and O–H groups in total. The van der Waals surface area contributed by atoms with E-state index in [1.54, 1.807) is 0 Å². The van der Waals surface area contributed by atoms with Gasteiger partial charge in [0.25, 0.3) is 0 Å². The molecule has 0 bridgehead atoms. The van der Waals surface area contributed by atoms with Gasteiger partial charge in [0.2, 0.25) is 5.91 Å². The zero-order valence-corrected chi connectivity index (χ0v) is 23.7. The minimum Gasteiger partial charge on any atom is -0.345 e. The number of unbranched alkanes of at least 4 members (excludes halogenated alkanes) is 6. The minimum atomic E-state index is -0.390. The van der Waals surface area contributed by atoms with Crippen LogP contribution in [0.3, 0.4) is 0 Å². The number of rotatable bonds is 17. The average Bonchev–Trinajstić information content (AvgIpc) is 2.84. The van der Waals surface area contributed by atoms with Crippen molar-refractivity contribution >= 4 is 29.4 Å². The molecule has 0 aliphatic carbocycles. The highest BCUT2D eigenvalue weighted by atomic mass is 35.5. The number of halogens is 1. The Bertz CT molecular complexity index is 837. The number of aryl methyl sites for hydroxylation is 1. The van der Waals surface area contributed by atoms with E-state index in [2.05, 4.69) is 42.7 Å². The van der Waals surface area contributed by atoms with Crippen LogP contribution in [0.5, 0.6) is 0 Å². The predicted octanol–water partition coefficient (Wildman–Crippen LogP) is 6.04. The first-order chi connectivity index (χ1) is 17.3. The fraction of sp³-hybridized carbons (Fsp3) is 0.667. The second kappa shape index (κ2) is 16.9. The third kappa shape index (κ3) is 11.1.